The van der Waals surface area contributed by atoms with Crippen molar-refractivity contribution in [1.29, 1.82) is 0 Å². The number of hydrogen-bond donors (Lipinski definition) is 1. The first kappa shape index (κ1) is 10.2. The Bertz CT molecular complexity index is 372. The van der Waals surface area contributed by atoms with Gasteiger partial charge in [-0.15, -0.1) is 0 Å². The highest BCUT2D eigenvalue weighted by Gasteiger charge is 2.09. The van der Waals surface area contributed by atoms with Crippen molar-refractivity contribution in [2.24, 2.45) is 5.73 Å². The Morgan fingerprint density at radius 2 is 1.79 bits per heavy atom. The van der Waals surface area contributed by atoms with Crippen LogP contribution in [0.15, 0.2) is 24.3 Å². The SMILES string of the molecule is CN(C)C(=O)c1cccc(C(N)=O)c1. The minimum Gasteiger partial charge on any atom is -0.366 e. The molecule has 0 heterocycles. The third-order valence-electron chi connectivity index (χ3n) is 1.80. The first-order chi connectivity index (χ1) is 6.52. The van der Waals surface area contributed by atoms with Crippen LogP contribution in [0.25, 0.3) is 0 Å². The van der Waals surface area contributed by atoms with E-state index in [1.807, 2.05) is 0 Å². The molecular weight excluding hydrogens is 180 g/mol. The number of amides is 2. The van der Waals surface area contributed by atoms with Crippen molar-refractivity contribution in [3.05, 3.63) is 35.4 Å². The number of rotatable bonds is 2. The number of nitrogens with zero attached hydrogens (tertiary/aromatic N) is 1. The molecular formula is C10H12N2O2. The Kier molecular flexibility index (Phi) is 2.86. The molecule has 2 amide bonds. The van der Waals surface area contributed by atoms with E-state index in [0.717, 1.165) is 0 Å². The fourth-order valence-corrected chi connectivity index (χ4v) is 1.06. The monoisotopic (exact) mass is 192 g/mol. The lowest BCUT2D eigenvalue weighted by Crippen LogP contribution is -2.22. The molecule has 0 aliphatic carbocycles. The van der Waals surface area contributed by atoms with Gasteiger partial charge in [0, 0.05) is 25.2 Å². The van der Waals surface area contributed by atoms with Crippen LogP contribution in [0.1, 0.15) is 20.7 Å². The van der Waals surface area contributed by atoms with Crippen LogP contribution in [0, 0.1) is 0 Å². The maximum atomic E-state index is 11.5. The van der Waals surface area contributed by atoms with Crippen LogP contribution in [0.3, 0.4) is 0 Å². The van der Waals surface area contributed by atoms with E-state index in [9.17, 15) is 9.59 Å². The van der Waals surface area contributed by atoms with Gasteiger partial charge in [-0.3, -0.25) is 9.59 Å². The van der Waals surface area contributed by atoms with Crippen molar-refractivity contribution >= 4 is 11.8 Å². The quantitative estimate of drug-likeness (QED) is 0.741. The highest BCUT2D eigenvalue weighted by molar-refractivity contribution is 5.98. The molecule has 4 nitrogen and oxygen atoms in total. The molecule has 0 radical (unpaired) electrons. The Labute approximate surface area is 82.3 Å². The molecule has 0 aromatic heterocycles. The van der Waals surface area contributed by atoms with Gasteiger partial charge in [-0.2, -0.15) is 0 Å². The van der Waals surface area contributed by atoms with Crippen molar-refractivity contribution in [2.75, 3.05) is 14.1 Å². The second-order valence-electron chi connectivity index (χ2n) is 3.14. The lowest BCUT2D eigenvalue weighted by molar-refractivity contribution is 0.0827. The summed E-state index contributed by atoms with van der Waals surface area (Å²) < 4.78 is 0. The summed E-state index contributed by atoms with van der Waals surface area (Å²) in [4.78, 5) is 23.8. The number of carbonyl (C=O) groups is 2. The van der Waals surface area contributed by atoms with Crippen LogP contribution in [0.4, 0.5) is 0 Å². The van der Waals surface area contributed by atoms with E-state index in [1.54, 1.807) is 32.3 Å². The smallest absolute Gasteiger partial charge is 0.253 e. The maximum Gasteiger partial charge on any atom is 0.253 e. The van der Waals surface area contributed by atoms with Gasteiger partial charge in [0.1, 0.15) is 0 Å². The predicted octanol–water partition coefficient (Wildman–Crippen LogP) is 0.487. The predicted molar refractivity (Wildman–Crippen MR) is 53.0 cm³/mol. The van der Waals surface area contributed by atoms with E-state index in [-0.39, 0.29) is 5.91 Å². The van der Waals surface area contributed by atoms with Gasteiger partial charge < -0.3 is 10.6 Å². The molecule has 0 fully saturated rings. The van der Waals surface area contributed by atoms with Crippen molar-refractivity contribution in [1.82, 2.24) is 4.90 Å². The molecule has 0 saturated carbocycles. The molecule has 0 spiro atoms. The second kappa shape index (κ2) is 3.91. The summed E-state index contributed by atoms with van der Waals surface area (Å²) in [5.41, 5.74) is 5.90. The van der Waals surface area contributed by atoms with Gasteiger partial charge >= 0.3 is 0 Å². The Morgan fingerprint density at radius 3 is 2.29 bits per heavy atom. The molecule has 1 aromatic rings. The molecule has 0 aliphatic heterocycles. The van der Waals surface area contributed by atoms with Gasteiger partial charge in [-0.1, -0.05) is 6.07 Å². The van der Waals surface area contributed by atoms with Crippen LogP contribution >= 0.6 is 0 Å². The molecule has 4 heteroatoms. The van der Waals surface area contributed by atoms with E-state index in [2.05, 4.69) is 0 Å². The van der Waals surface area contributed by atoms with Gasteiger partial charge in [0.25, 0.3) is 5.91 Å². The summed E-state index contributed by atoms with van der Waals surface area (Å²) >= 11 is 0. The molecule has 2 N–H and O–H groups in total. The van der Waals surface area contributed by atoms with Gasteiger partial charge in [0.05, 0.1) is 0 Å². The summed E-state index contributed by atoms with van der Waals surface area (Å²) in [6.45, 7) is 0. The third kappa shape index (κ3) is 2.10. The molecule has 0 atom stereocenters. The van der Waals surface area contributed by atoms with Crippen molar-refractivity contribution in [3.8, 4) is 0 Å². The van der Waals surface area contributed by atoms with Crippen LogP contribution in [-0.4, -0.2) is 30.8 Å². The zero-order chi connectivity index (χ0) is 10.7. The van der Waals surface area contributed by atoms with Gasteiger partial charge in [0.15, 0.2) is 0 Å². The zero-order valence-corrected chi connectivity index (χ0v) is 8.15. The highest BCUT2D eigenvalue weighted by atomic mass is 16.2. The third-order valence-corrected chi connectivity index (χ3v) is 1.80. The van der Waals surface area contributed by atoms with Gasteiger partial charge in [-0.05, 0) is 18.2 Å². The van der Waals surface area contributed by atoms with E-state index in [4.69, 9.17) is 5.73 Å². The number of carbonyl (C=O) groups excluding carboxylic acids is 2. The highest BCUT2D eigenvalue weighted by Crippen LogP contribution is 2.06. The van der Waals surface area contributed by atoms with Crippen LogP contribution in [0.2, 0.25) is 0 Å². The summed E-state index contributed by atoms with van der Waals surface area (Å²) in [5, 5.41) is 0. The fraction of sp³-hybridized carbons (Fsp3) is 0.200. The molecule has 1 rings (SSSR count). The van der Waals surface area contributed by atoms with E-state index >= 15 is 0 Å². The summed E-state index contributed by atoms with van der Waals surface area (Å²) in [7, 11) is 3.30. The minimum absolute atomic E-state index is 0.145. The second-order valence-corrected chi connectivity index (χ2v) is 3.14. The van der Waals surface area contributed by atoms with Gasteiger partial charge in [-0.25, -0.2) is 0 Å². The zero-order valence-electron chi connectivity index (χ0n) is 8.15. The Balaban J connectivity index is 3.06. The number of primary amides is 1. The number of hydrogen-bond acceptors (Lipinski definition) is 2. The summed E-state index contributed by atoms with van der Waals surface area (Å²) in [6, 6.07) is 6.35. The minimum atomic E-state index is -0.529. The van der Waals surface area contributed by atoms with Crippen molar-refractivity contribution < 1.29 is 9.59 Å². The summed E-state index contributed by atoms with van der Waals surface area (Å²) in [5.74, 6) is -0.675. The van der Waals surface area contributed by atoms with Crippen LogP contribution < -0.4 is 5.73 Å². The maximum absolute atomic E-state index is 11.5. The largest absolute Gasteiger partial charge is 0.366 e. The van der Waals surface area contributed by atoms with Gasteiger partial charge in [0.2, 0.25) is 5.91 Å². The van der Waals surface area contributed by atoms with E-state index in [1.165, 1.54) is 11.0 Å². The molecule has 0 aliphatic rings. The fourth-order valence-electron chi connectivity index (χ4n) is 1.06. The normalized spacial score (nSPS) is 9.57. The number of nitrogens with two attached hydrogens (primary N) is 1. The lowest BCUT2D eigenvalue weighted by Gasteiger charge is -2.10. The van der Waals surface area contributed by atoms with E-state index in [0.29, 0.717) is 11.1 Å². The molecule has 0 saturated heterocycles. The lowest BCUT2D eigenvalue weighted by atomic mass is 10.1. The Morgan fingerprint density at radius 1 is 1.21 bits per heavy atom. The molecule has 74 valence electrons. The first-order valence-electron chi connectivity index (χ1n) is 4.14. The average Bonchev–Trinajstić information content (AvgIpc) is 2.16. The average molecular weight is 192 g/mol. The van der Waals surface area contributed by atoms with Crippen LogP contribution in [-0.2, 0) is 0 Å². The number of benzene rings is 1. The molecule has 14 heavy (non-hydrogen) atoms. The molecule has 1 aromatic carbocycles. The standard InChI is InChI=1S/C10H12N2O2/c1-12(2)10(14)8-5-3-4-7(6-8)9(11)13/h3-6H,1-2H3,(H2,11,13). The van der Waals surface area contributed by atoms with Crippen molar-refractivity contribution in [2.45, 2.75) is 0 Å². The first-order valence-corrected chi connectivity index (χ1v) is 4.14. The summed E-state index contributed by atoms with van der Waals surface area (Å²) in [6.07, 6.45) is 0. The topological polar surface area (TPSA) is 63.4 Å². The molecule has 0 bridgehead atoms. The van der Waals surface area contributed by atoms with E-state index < -0.39 is 5.91 Å². The molecule has 0 unspecified atom stereocenters. The Hall–Kier alpha value is -1.84. The van der Waals surface area contributed by atoms with Crippen LogP contribution in [0.5, 0.6) is 0 Å². The van der Waals surface area contributed by atoms with Crippen molar-refractivity contribution in [3.63, 3.8) is 0 Å².